The molecule has 0 bridgehead atoms. The Morgan fingerprint density at radius 2 is 1.58 bits per heavy atom. The van der Waals surface area contributed by atoms with E-state index in [9.17, 15) is 9.59 Å². The lowest BCUT2D eigenvalue weighted by Gasteiger charge is -2.19. The zero-order chi connectivity index (χ0) is 27.2. The Labute approximate surface area is 227 Å². The fourth-order valence-electron chi connectivity index (χ4n) is 4.21. The number of methoxy groups -OCH3 is 1. The van der Waals surface area contributed by atoms with Gasteiger partial charge in [-0.15, -0.1) is 0 Å². The van der Waals surface area contributed by atoms with Crippen molar-refractivity contribution in [3.05, 3.63) is 90.0 Å². The molecule has 0 fully saturated rings. The van der Waals surface area contributed by atoms with E-state index in [2.05, 4.69) is 12.2 Å². The van der Waals surface area contributed by atoms with E-state index in [1.807, 2.05) is 78.9 Å². The van der Waals surface area contributed by atoms with Crippen LogP contribution in [0.15, 0.2) is 78.9 Å². The maximum atomic E-state index is 12.6. The first-order valence-corrected chi connectivity index (χ1v) is 13.5. The number of carbonyl (C=O) groups excluding carboxylic acids is 2. The Kier molecular flexibility index (Phi) is 11.9. The number of nitrogens with zero attached hydrogens (tertiary/aromatic N) is 1. The molecule has 0 aliphatic rings. The fourth-order valence-corrected chi connectivity index (χ4v) is 4.21. The highest BCUT2D eigenvalue weighted by molar-refractivity contribution is 5.92. The number of carbonyl (C=O) groups is 2. The van der Waals surface area contributed by atoms with E-state index < -0.39 is 6.10 Å². The average Bonchev–Trinajstić information content (AvgIpc) is 2.97. The number of anilines is 1. The lowest BCUT2D eigenvalue weighted by atomic mass is 10.0. The molecule has 1 unspecified atom stereocenters. The van der Waals surface area contributed by atoms with Crippen LogP contribution in [0.5, 0.6) is 0 Å². The molecular weight excluding hydrogens is 476 g/mol. The first kappa shape index (κ1) is 28.9. The summed E-state index contributed by atoms with van der Waals surface area (Å²) in [5.41, 5.74) is 4.85. The Morgan fingerprint density at radius 1 is 0.842 bits per heavy atom. The third kappa shape index (κ3) is 9.03. The second-order valence-electron chi connectivity index (χ2n) is 9.46. The number of esters is 1. The number of amides is 2. The number of rotatable bonds is 14. The van der Waals surface area contributed by atoms with E-state index in [1.165, 1.54) is 26.4 Å². The quantitative estimate of drug-likeness (QED) is 0.190. The van der Waals surface area contributed by atoms with Crippen LogP contribution in [0.3, 0.4) is 0 Å². The minimum Gasteiger partial charge on any atom is -0.467 e. The molecule has 3 aromatic rings. The maximum Gasteiger partial charge on any atom is 0.335 e. The highest BCUT2D eigenvalue weighted by Crippen LogP contribution is 2.25. The van der Waals surface area contributed by atoms with E-state index in [1.54, 1.807) is 11.9 Å². The van der Waals surface area contributed by atoms with E-state index >= 15 is 0 Å². The van der Waals surface area contributed by atoms with Crippen molar-refractivity contribution in [1.82, 2.24) is 5.32 Å². The molecule has 6 heteroatoms. The summed E-state index contributed by atoms with van der Waals surface area (Å²) in [5.74, 6) is -0.389. The summed E-state index contributed by atoms with van der Waals surface area (Å²) in [4.78, 5) is 26.6. The number of nitrogens with one attached hydrogen (secondary N) is 1. The molecule has 0 aliphatic heterocycles. The summed E-state index contributed by atoms with van der Waals surface area (Å²) in [6, 6.07) is 25.6. The molecule has 202 valence electrons. The normalized spacial score (nSPS) is 11.6. The van der Waals surface area contributed by atoms with Gasteiger partial charge in [-0.25, -0.2) is 9.59 Å². The molecule has 6 nitrogen and oxygen atoms in total. The van der Waals surface area contributed by atoms with E-state index in [0.717, 1.165) is 40.8 Å². The monoisotopic (exact) mass is 516 g/mol. The van der Waals surface area contributed by atoms with E-state index in [0.29, 0.717) is 19.6 Å². The molecule has 1 N–H and O–H groups in total. The first-order chi connectivity index (χ1) is 18.5. The fraction of sp³-hybridized carbons (Fsp3) is 0.375. The molecule has 0 radical (unpaired) electrons. The van der Waals surface area contributed by atoms with Crippen LogP contribution in [0.25, 0.3) is 11.1 Å². The van der Waals surface area contributed by atoms with Gasteiger partial charge in [0.2, 0.25) is 0 Å². The van der Waals surface area contributed by atoms with Crippen molar-refractivity contribution in [3.8, 4) is 11.1 Å². The number of ether oxygens (including phenoxy) is 2. The van der Waals surface area contributed by atoms with Crippen LogP contribution in [0.4, 0.5) is 10.5 Å². The Balaban J connectivity index is 1.59. The summed E-state index contributed by atoms with van der Waals surface area (Å²) < 4.78 is 10.9. The van der Waals surface area contributed by atoms with Crippen LogP contribution < -0.4 is 10.2 Å². The number of benzene rings is 3. The average molecular weight is 517 g/mol. The predicted octanol–water partition coefficient (Wildman–Crippen LogP) is 6.77. The molecule has 0 aliphatic carbocycles. The topological polar surface area (TPSA) is 67.9 Å². The third-order valence-electron chi connectivity index (χ3n) is 6.56. The zero-order valence-corrected chi connectivity index (χ0v) is 22.8. The predicted molar refractivity (Wildman–Crippen MR) is 153 cm³/mol. The molecule has 38 heavy (non-hydrogen) atoms. The number of unbranched alkanes of at least 4 members (excludes halogenated alkanes) is 4. The van der Waals surface area contributed by atoms with Gasteiger partial charge in [0.25, 0.3) is 0 Å². The molecule has 0 saturated carbocycles. The lowest BCUT2D eigenvalue weighted by molar-refractivity contribution is -0.154. The van der Waals surface area contributed by atoms with Crippen LogP contribution in [0.1, 0.15) is 50.2 Å². The van der Waals surface area contributed by atoms with Crippen LogP contribution >= 0.6 is 0 Å². The van der Waals surface area contributed by atoms with E-state index in [4.69, 9.17) is 9.47 Å². The van der Waals surface area contributed by atoms with Crippen molar-refractivity contribution < 1.29 is 19.1 Å². The number of urea groups is 1. The third-order valence-corrected chi connectivity index (χ3v) is 6.56. The standard InChI is InChI=1S/C32H40N2O4/c1-4-5-6-7-11-21-33-32(36)34(2)29-16-12-15-28(23-29)27-19-17-25(18-20-27)22-30(31(35)37-3)38-24-26-13-9-8-10-14-26/h8-10,12-20,23,30H,4-7,11,21-22,24H2,1-3H3,(H,33,36). The summed E-state index contributed by atoms with van der Waals surface area (Å²) >= 11 is 0. The van der Waals surface area contributed by atoms with Gasteiger partial charge in [0.15, 0.2) is 6.10 Å². The van der Waals surface area contributed by atoms with Gasteiger partial charge in [0, 0.05) is 25.7 Å². The molecular formula is C32H40N2O4. The molecule has 1 atom stereocenters. The molecule has 3 rings (SSSR count). The van der Waals surface area contributed by atoms with Crippen molar-refractivity contribution in [2.75, 3.05) is 25.6 Å². The second kappa shape index (κ2) is 15.6. The Morgan fingerprint density at radius 3 is 2.29 bits per heavy atom. The number of hydrogen-bond donors (Lipinski definition) is 1. The smallest absolute Gasteiger partial charge is 0.335 e. The van der Waals surface area contributed by atoms with Crippen molar-refractivity contribution in [3.63, 3.8) is 0 Å². The van der Waals surface area contributed by atoms with Gasteiger partial charge in [0.05, 0.1) is 13.7 Å². The van der Waals surface area contributed by atoms with Gasteiger partial charge in [-0.1, -0.05) is 99.3 Å². The van der Waals surface area contributed by atoms with Gasteiger partial charge in [-0.05, 0) is 40.8 Å². The van der Waals surface area contributed by atoms with Crippen molar-refractivity contribution in [1.29, 1.82) is 0 Å². The minimum absolute atomic E-state index is 0.0997. The summed E-state index contributed by atoms with van der Waals surface area (Å²) in [6.07, 6.45) is 5.55. The van der Waals surface area contributed by atoms with E-state index in [-0.39, 0.29) is 12.0 Å². The molecule has 0 heterocycles. The SMILES string of the molecule is CCCCCCCNC(=O)N(C)c1cccc(-c2ccc(CC(OCc3ccccc3)C(=O)OC)cc2)c1. The highest BCUT2D eigenvalue weighted by Gasteiger charge is 2.21. The Bertz CT molecular complexity index is 1130. The first-order valence-electron chi connectivity index (χ1n) is 13.5. The maximum absolute atomic E-state index is 12.6. The lowest BCUT2D eigenvalue weighted by Crippen LogP contribution is -2.37. The van der Waals surface area contributed by atoms with Gasteiger partial charge in [-0.2, -0.15) is 0 Å². The zero-order valence-electron chi connectivity index (χ0n) is 22.8. The van der Waals surface area contributed by atoms with Gasteiger partial charge in [0.1, 0.15) is 0 Å². The second-order valence-corrected chi connectivity index (χ2v) is 9.46. The number of hydrogen-bond acceptors (Lipinski definition) is 4. The Hall–Kier alpha value is -3.64. The molecule has 0 spiro atoms. The largest absolute Gasteiger partial charge is 0.467 e. The van der Waals surface area contributed by atoms with Crippen LogP contribution in [0, 0.1) is 0 Å². The van der Waals surface area contributed by atoms with Crippen LogP contribution in [0.2, 0.25) is 0 Å². The summed E-state index contributed by atoms with van der Waals surface area (Å²) in [5, 5.41) is 3.01. The van der Waals surface area contributed by atoms with Gasteiger partial charge in [-0.3, -0.25) is 4.90 Å². The van der Waals surface area contributed by atoms with Crippen LogP contribution in [-0.2, 0) is 27.3 Å². The molecule has 2 amide bonds. The van der Waals surface area contributed by atoms with Gasteiger partial charge >= 0.3 is 12.0 Å². The molecule has 0 saturated heterocycles. The van der Waals surface area contributed by atoms with Crippen LogP contribution in [-0.4, -0.2) is 38.8 Å². The molecule has 0 aromatic heterocycles. The summed E-state index contributed by atoms with van der Waals surface area (Å²) in [7, 11) is 3.17. The van der Waals surface area contributed by atoms with Gasteiger partial charge < -0.3 is 14.8 Å². The minimum atomic E-state index is -0.687. The van der Waals surface area contributed by atoms with Crippen molar-refractivity contribution >= 4 is 17.7 Å². The highest BCUT2D eigenvalue weighted by atomic mass is 16.6. The van der Waals surface area contributed by atoms with Crippen molar-refractivity contribution in [2.24, 2.45) is 0 Å². The van der Waals surface area contributed by atoms with Crippen molar-refractivity contribution in [2.45, 2.75) is 58.2 Å². The molecule has 3 aromatic carbocycles. The summed E-state index contributed by atoms with van der Waals surface area (Å²) in [6.45, 7) is 3.23.